The summed E-state index contributed by atoms with van der Waals surface area (Å²) in [5.41, 5.74) is 1.85. The first-order chi connectivity index (χ1) is 11.2. The first-order valence-electron chi connectivity index (χ1n) is 7.13. The van der Waals surface area contributed by atoms with Crippen LogP contribution < -0.4 is 10.3 Å². The Morgan fingerprint density at radius 3 is 2.70 bits per heavy atom. The molecule has 0 saturated carbocycles. The molecular formula is C18H15FN2O2. The number of rotatable bonds is 4. The lowest BCUT2D eigenvalue weighted by Crippen LogP contribution is -2.22. The van der Waals surface area contributed by atoms with Gasteiger partial charge in [0.15, 0.2) is 0 Å². The largest absolute Gasteiger partial charge is 0.496 e. The molecule has 3 aromatic rings. The van der Waals surface area contributed by atoms with Gasteiger partial charge in [0, 0.05) is 11.6 Å². The fourth-order valence-electron chi connectivity index (χ4n) is 2.37. The molecule has 0 bridgehead atoms. The van der Waals surface area contributed by atoms with Gasteiger partial charge in [-0.3, -0.25) is 4.79 Å². The van der Waals surface area contributed by atoms with Crippen LogP contribution in [-0.2, 0) is 6.54 Å². The highest BCUT2D eigenvalue weighted by Gasteiger charge is 2.09. The minimum Gasteiger partial charge on any atom is -0.496 e. The summed E-state index contributed by atoms with van der Waals surface area (Å²) in [5, 5.41) is 4.38. The van der Waals surface area contributed by atoms with Gasteiger partial charge in [-0.2, -0.15) is 5.10 Å². The molecule has 0 saturated heterocycles. The molecule has 0 N–H and O–H groups in total. The predicted octanol–water partition coefficient (Wildman–Crippen LogP) is 3.11. The maximum Gasteiger partial charge on any atom is 0.267 e. The van der Waals surface area contributed by atoms with E-state index < -0.39 is 0 Å². The minimum absolute atomic E-state index is 0.208. The van der Waals surface area contributed by atoms with E-state index in [2.05, 4.69) is 5.10 Å². The van der Waals surface area contributed by atoms with Crippen molar-refractivity contribution < 1.29 is 9.13 Å². The minimum atomic E-state index is -0.337. The normalized spacial score (nSPS) is 10.5. The van der Waals surface area contributed by atoms with E-state index in [0.29, 0.717) is 17.0 Å². The van der Waals surface area contributed by atoms with Crippen LogP contribution in [0.4, 0.5) is 4.39 Å². The third-order valence-corrected chi connectivity index (χ3v) is 3.47. The molecule has 1 heterocycles. The zero-order valence-electron chi connectivity index (χ0n) is 12.6. The molecule has 0 atom stereocenters. The Morgan fingerprint density at radius 2 is 1.91 bits per heavy atom. The molecule has 1 aromatic heterocycles. The van der Waals surface area contributed by atoms with Gasteiger partial charge in [0.1, 0.15) is 11.6 Å². The second-order valence-corrected chi connectivity index (χ2v) is 5.04. The summed E-state index contributed by atoms with van der Waals surface area (Å²) in [6, 6.07) is 16.7. The first kappa shape index (κ1) is 15.0. The summed E-state index contributed by atoms with van der Waals surface area (Å²) in [5.74, 6) is 0.340. The van der Waals surface area contributed by atoms with E-state index in [1.807, 2.05) is 24.3 Å². The average Bonchev–Trinajstić information content (AvgIpc) is 2.57. The van der Waals surface area contributed by atoms with Gasteiger partial charge in [-0.1, -0.05) is 24.3 Å². The van der Waals surface area contributed by atoms with E-state index in [1.165, 1.54) is 22.9 Å². The summed E-state index contributed by atoms with van der Waals surface area (Å²) in [6.45, 7) is 0.208. The Kier molecular flexibility index (Phi) is 4.19. The van der Waals surface area contributed by atoms with E-state index in [9.17, 15) is 9.18 Å². The van der Waals surface area contributed by atoms with Gasteiger partial charge >= 0.3 is 0 Å². The van der Waals surface area contributed by atoms with Gasteiger partial charge < -0.3 is 4.74 Å². The molecule has 0 unspecified atom stereocenters. The number of hydrogen-bond acceptors (Lipinski definition) is 3. The van der Waals surface area contributed by atoms with Crippen molar-refractivity contribution in [1.29, 1.82) is 0 Å². The summed E-state index contributed by atoms with van der Waals surface area (Å²) >= 11 is 0. The number of aromatic nitrogens is 2. The van der Waals surface area contributed by atoms with Crippen LogP contribution in [0.2, 0.25) is 0 Å². The third kappa shape index (κ3) is 3.29. The van der Waals surface area contributed by atoms with Crippen LogP contribution in [0.5, 0.6) is 5.75 Å². The topological polar surface area (TPSA) is 44.1 Å². The van der Waals surface area contributed by atoms with Crippen molar-refractivity contribution in [3.63, 3.8) is 0 Å². The molecule has 0 aliphatic carbocycles. The molecule has 0 aliphatic heterocycles. The molecule has 2 aromatic carbocycles. The van der Waals surface area contributed by atoms with Crippen LogP contribution in [0.3, 0.4) is 0 Å². The van der Waals surface area contributed by atoms with Crippen LogP contribution in [0.15, 0.2) is 65.5 Å². The number of methoxy groups -OCH3 is 1. The van der Waals surface area contributed by atoms with E-state index >= 15 is 0 Å². The van der Waals surface area contributed by atoms with Crippen molar-refractivity contribution in [2.75, 3.05) is 7.11 Å². The Balaban J connectivity index is 2.01. The van der Waals surface area contributed by atoms with Crippen LogP contribution in [0.25, 0.3) is 11.3 Å². The lowest BCUT2D eigenvalue weighted by molar-refractivity contribution is 0.416. The average molecular weight is 310 g/mol. The zero-order valence-corrected chi connectivity index (χ0v) is 12.6. The molecule has 3 rings (SSSR count). The Bertz CT molecular complexity index is 890. The maximum atomic E-state index is 13.3. The molecule has 0 fully saturated rings. The van der Waals surface area contributed by atoms with E-state index in [1.54, 1.807) is 25.3 Å². The summed E-state index contributed by atoms with van der Waals surface area (Å²) in [6.07, 6.45) is 0. The standard InChI is InChI=1S/C18H15FN2O2/c1-23-17-8-3-2-7-15(17)16-9-10-18(22)21(20-16)12-13-5-4-6-14(19)11-13/h2-11H,12H2,1H3. The zero-order chi connectivity index (χ0) is 16.2. The molecule has 0 aliphatic rings. The number of hydrogen-bond donors (Lipinski definition) is 0. The highest BCUT2D eigenvalue weighted by molar-refractivity contribution is 5.66. The molecule has 4 nitrogen and oxygen atoms in total. The van der Waals surface area contributed by atoms with E-state index in [0.717, 1.165) is 5.56 Å². The van der Waals surface area contributed by atoms with Gasteiger partial charge in [0.05, 0.1) is 19.3 Å². The fraction of sp³-hybridized carbons (Fsp3) is 0.111. The first-order valence-corrected chi connectivity index (χ1v) is 7.13. The van der Waals surface area contributed by atoms with Gasteiger partial charge in [-0.15, -0.1) is 0 Å². The number of para-hydroxylation sites is 1. The van der Waals surface area contributed by atoms with Crippen LogP contribution in [0.1, 0.15) is 5.56 Å². The molecule has 116 valence electrons. The molecule has 0 spiro atoms. The van der Waals surface area contributed by atoms with Crippen LogP contribution in [0, 0.1) is 5.82 Å². The number of ether oxygens (including phenoxy) is 1. The van der Waals surface area contributed by atoms with Gasteiger partial charge in [-0.05, 0) is 35.9 Å². The Hall–Kier alpha value is -2.95. The predicted molar refractivity (Wildman–Crippen MR) is 86.0 cm³/mol. The Morgan fingerprint density at radius 1 is 1.09 bits per heavy atom. The summed E-state index contributed by atoms with van der Waals surface area (Å²) in [4.78, 5) is 12.0. The second-order valence-electron chi connectivity index (χ2n) is 5.04. The molecular weight excluding hydrogens is 295 g/mol. The van der Waals surface area contributed by atoms with Crippen molar-refractivity contribution in [2.24, 2.45) is 0 Å². The summed E-state index contributed by atoms with van der Waals surface area (Å²) in [7, 11) is 1.58. The molecule has 0 amide bonds. The number of nitrogens with zero attached hydrogens (tertiary/aromatic N) is 2. The highest BCUT2D eigenvalue weighted by atomic mass is 19.1. The van der Waals surface area contributed by atoms with Crippen molar-refractivity contribution >= 4 is 0 Å². The molecule has 5 heteroatoms. The van der Waals surface area contributed by atoms with Crippen molar-refractivity contribution in [3.8, 4) is 17.0 Å². The monoisotopic (exact) mass is 310 g/mol. The van der Waals surface area contributed by atoms with E-state index in [-0.39, 0.29) is 17.9 Å². The Labute approximate surface area is 132 Å². The molecule has 23 heavy (non-hydrogen) atoms. The molecule has 0 radical (unpaired) electrons. The maximum absolute atomic E-state index is 13.3. The quantitative estimate of drug-likeness (QED) is 0.744. The third-order valence-electron chi connectivity index (χ3n) is 3.47. The number of halogens is 1. The van der Waals surface area contributed by atoms with Crippen molar-refractivity contribution in [2.45, 2.75) is 6.54 Å². The smallest absolute Gasteiger partial charge is 0.267 e. The van der Waals surface area contributed by atoms with Crippen molar-refractivity contribution in [3.05, 3.63) is 82.4 Å². The SMILES string of the molecule is COc1ccccc1-c1ccc(=O)n(Cc2cccc(F)c2)n1. The lowest BCUT2D eigenvalue weighted by Gasteiger charge is -2.10. The second kappa shape index (κ2) is 6.44. The highest BCUT2D eigenvalue weighted by Crippen LogP contribution is 2.27. The summed E-state index contributed by atoms with van der Waals surface area (Å²) < 4.78 is 19.9. The van der Waals surface area contributed by atoms with Gasteiger partial charge in [0.2, 0.25) is 0 Å². The van der Waals surface area contributed by atoms with Gasteiger partial charge in [-0.25, -0.2) is 9.07 Å². The number of benzene rings is 2. The van der Waals surface area contributed by atoms with Crippen LogP contribution in [-0.4, -0.2) is 16.9 Å². The fourth-order valence-corrected chi connectivity index (χ4v) is 2.37. The van der Waals surface area contributed by atoms with Crippen LogP contribution >= 0.6 is 0 Å². The lowest BCUT2D eigenvalue weighted by atomic mass is 10.1. The van der Waals surface area contributed by atoms with E-state index in [4.69, 9.17) is 4.74 Å². The van der Waals surface area contributed by atoms with Gasteiger partial charge in [0.25, 0.3) is 5.56 Å². The van der Waals surface area contributed by atoms with Crippen molar-refractivity contribution in [1.82, 2.24) is 9.78 Å².